The van der Waals surface area contributed by atoms with Crippen LogP contribution in [0.3, 0.4) is 0 Å². The first-order valence-corrected chi connectivity index (χ1v) is 14.2. The van der Waals surface area contributed by atoms with Gasteiger partial charge in [-0.05, 0) is 47.7 Å². The van der Waals surface area contributed by atoms with Gasteiger partial charge in [0.2, 0.25) is 11.8 Å². The van der Waals surface area contributed by atoms with Gasteiger partial charge in [-0.1, -0.05) is 60.7 Å². The van der Waals surface area contributed by atoms with Gasteiger partial charge >= 0.3 is 0 Å². The van der Waals surface area contributed by atoms with Crippen LogP contribution in [0.25, 0.3) is 10.9 Å². The summed E-state index contributed by atoms with van der Waals surface area (Å²) < 4.78 is 0. The number of benzene rings is 3. The summed E-state index contributed by atoms with van der Waals surface area (Å²) in [6.07, 6.45) is 2.09. The second-order valence-electron chi connectivity index (χ2n) is 11.3. The van der Waals surface area contributed by atoms with Crippen LogP contribution in [0.5, 0.6) is 0 Å². The Kier molecular flexibility index (Phi) is 6.50. The predicted octanol–water partition coefficient (Wildman–Crippen LogP) is 4.21. The topological polar surface area (TPSA) is 106 Å². The molecule has 2 unspecified atom stereocenters. The maximum atomic E-state index is 14.2. The van der Waals surface area contributed by atoms with Crippen molar-refractivity contribution in [1.29, 1.82) is 0 Å². The van der Waals surface area contributed by atoms with Gasteiger partial charge in [0.15, 0.2) is 0 Å². The fourth-order valence-corrected chi connectivity index (χ4v) is 6.99. The molecular weight excluding hydrogens is 518 g/mol. The van der Waals surface area contributed by atoms with E-state index in [0.717, 1.165) is 54.6 Å². The third kappa shape index (κ3) is 4.56. The predicted molar refractivity (Wildman–Crippen MR) is 155 cm³/mol. The molecule has 4 heterocycles. The molecule has 9 heteroatoms. The molecule has 210 valence electrons. The monoisotopic (exact) mass is 550 g/mol. The van der Waals surface area contributed by atoms with Crippen LogP contribution in [0, 0.1) is 5.21 Å². The van der Waals surface area contributed by atoms with Crippen LogP contribution in [0.4, 0.5) is 5.69 Å². The Labute approximate surface area is 238 Å². The fraction of sp³-hybridized carbons (Fsp3) is 0.312. The van der Waals surface area contributed by atoms with Crippen molar-refractivity contribution >= 4 is 28.4 Å². The zero-order valence-corrected chi connectivity index (χ0v) is 22.6. The summed E-state index contributed by atoms with van der Waals surface area (Å²) in [6.45, 7) is 2.68. The standard InChI is InChI=1S/C32H32N5O4/c38-29-20-35(23-13-15-34(16-14-23)19-21-7-2-1-3-8-21)32(39)28-18-26-25-11-4-5-12-27(25)33-30(26)31(36(28)29)22-9-6-10-24(17-22)37(40)41/h1-12,17,23,28,31,33,40H,13-16,18-20H2/q-1. The number of nitrogens with one attached hydrogen (secondary N) is 1. The Morgan fingerprint density at radius 3 is 2.49 bits per heavy atom. The summed E-state index contributed by atoms with van der Waals surface area (Å²) in [5.41, 5.74) is 4.81. The number of carbonyl (C=O) groups excluding carboxylic acids is 2. The molecule has 41 heavy (non-hydrogen) atoms. The van der Waals surface area contributed by atoms with E-state index in [4.69, 9.17) is 0 Å². The first-order chi connectivity index (χ1) is 20.0. The molecule has 0 aliphatic carbocycles. The number of fused-ring (bicyclic) bond motifs is 4. The van der Waals surface area contributed by atoms with E-state index in [1.165, 1.54) is 11.6 Å². The minimum absolute atomic E-state index is 0.0178. The van der Waals surface area contributed by atoms with Crippen molar-refractivity contribution < 1.29 is 14.8 Å². The minimum Gasteiger partial charge on any atom is -0.733 e. The van der Waals surface area contributed by atoms with E-state index in [0.29, 0.717) is 12.0 Å². The first-order valence-electron chi connectivity index (χ1n) is 14.2. The zero-order valence-electron chi connectivity index (χ0n) is 22.6. The summed E-state index contributed by atoms with van der Waals surface area (Å²) in [4.78, 5) is 37.6. The summed E-state index contributed by atoms with van der Waals surface area (Å²) in [7, 11) is 0. The number of anilines is 1. The van der Waals surface area contributed by atoms with E-state index in [9.17, 15) is 20.0 Å². The molecule has 3 aliphatic rings. The number of H-pyrrole nitrogens is 1. The molecule has 3 aromatic carbocycles. The van der Waals surface area contributed by atoms with Crippen molar-refractivity contribution in [2.75, 3.05) is 24.9 Å². The average molecular weight is 551 g/mol. The lowest BCUT2D eigenvalue weighted by Crippen LogP contribution is -2.65. The molecule has 7 rings (SSSR count). The van der Waals surface area contributed by atoms with E-state index in [1.807, 2.05) is 41.3 Å². The Hall–Kier alpha value is -4.18. The number of aromatic amines is 1. The van der Waals surface area contributed by atoms with Crippen molar-refractivity contribution in [3.05, 3.63) is 106 Å². The zero-order chi connectivity index (χ0) is 28.1. The molecule has 1 aromatic heterocycles. The van der Waals surface area contributed by atoms with Gasteiger partial charge in [-0.2, -0.15) is 0 Å². The number of likely N-dealkylation sites (tertiary alicyclic amines) is 1. The molecule has 0 radical (unpaired) electrons. The van der Waals surface area contributed by atoms with Gasteiger partial charge in [0, 0.05) is 48.7 Å². The number of rotatable bonds is 5. The number of amides is 2. The number of nitrogens with zero attached hydrogens (tertiary/aromatic N) is 4. The first kappa shape index (κ1) is 25.8. The van der Waals surface area contributed by atoms with Gasteiger partial charge in [0.1, 0.15) is 12.6 Å². The van der Waals surface area contributed by atoms with Crippen LogP contribution in [0.15, 0.2) is 78.9 Å². The lowest BCUT2D eigenvalue weighted by molar-refractivity contribution is -0.161. The maximum Gasteiger partial charge on any atom is 0.246 e. The van der Waals surface area contributed by atoms with E-state index < -0.39 is 12.1 Å². The molecule has 4 aromatic rings. The summed E-state index contributed by atoms with van der Waals surface area (Å²) >= 11 is 0. The maximum absolute atomic E-state index is 14.2. The minimum atomic E-state index is -0.642. The van der Waals surface area contributed by atoms with E-state index in [2.05, 4.69) is 34.1 Å². The third-order valence-electron chi connectivity index (χ3n) is 8.95. The number of para-hydroxylation sites is 1. The number of hydrogen-bond acceptors (Lipinski definition) is 6. The molecule has 2 saturated heterocycles. The number of carbonyl (C=O) groups is 2. The summed E-state index contributed by atoms with van der Waals surface area (Å²) in [5, 5.41) is 22.2. The van der Waals surface area contributed by atoms with Crippen molar-refractivity contribution in [1.82, 2.24) is 19.7 Å². The quantitative estimate of drug-likeness (QED) is 0.361. The second-order valence-corrected chi connectivity index (χ2v) is 11.3. The molecule has 0 saturated carbocycles. The van der Waals surface area contributed by atoms with Crippen LogP contribution in [-0.2, 0) is 22.6 Å². The lowest BCUT2D eigenvalue weighted by atomic mass is 9.85. The average Bonchev–Trinajstić information content (AvgIpc) is 3.37. The highest BCUT2D eigenvalue weighted by Crippen LogP contribution is 2.43. The Balaban J connectivity index is 1.19. The fourth-order valence-electron chi connectivity index (χ4n) is 6.99. The van der Waals surface area contributed by atoms with Crippen molar-refractivity contribution in [2.24, 2.45) is 0 Å². The molecule has 9 nitrogen and oxygen atoms in total. The van der Waals surface area contributed by atoms with Gasteiger partial charge in [-0.3, -0.25) is 19.7 Å². The molecule has 2 fully saturated rings. The Morgan fingerprint density at radius 2 is 1.71 bits per heavy atom. The number of piperidine rings is 1. The summed E-state index contributed by atoms with van der Waals surface area (Å²) in [5.74, 6) is -0.125. The van der Waals surface area contributed by atoms with Gasteiger partial charge in [-0.15, -0.1) is 0 Å². The van der Waals surface area contributed by atoms with Gasteiger partial charge in [0.05, 0.1) is 11.7 Å². The van der Waals surface area contributed by atoms with E-state index in [1.54, 1.807) is 17.0 Å². The molecule has 2 atom stereocenters. The molecular formula is C32H32N5O4-. The second kappa shape index (κ2) is 10.3. The highest BCUT2D eigenvalue weighted by Gasteiger charge is 2.49. The largest absolute Gasteiger partial charge is 0.733 e. The molecule has 0 bridgehead atoms. The highest BCUT2D eigenvalue weighted by atomic mass is 16.8. The van der Waals surface area contributed by atoms with Gasteiger partial charge in [-0.25, -0.2) is 0 Å². The number of piperazine rings is 1. The normalized spacial score (nSPS) is 21.7. The number of aromatic nitrogens is 1. The highest BCUT2D eigenvalue weighted by molar-refractivity contribution is 5.98. The Bertz CT molecular complexity index is 1590. The number of hydrogen-bond donors (Lipinski definition) is 2. The molecule has 2 amide bonds. The van der Waals surface area contributed by atoms with Crippen molar-refractivity contribution in [3.63, 3.8) is 0 Å². The molecule has 3 aliphatic heterocycles. The van der Waals surface area contributed by atoms with Crippen LogP contribution >= 0.6 is 0 Å². The van der Waals surface area contributed by atoms with Crippen LogP contribution in [-0.4, -0.2) is 68.4 Å². The molecule has 0 spiro atoms. The third-order valence-corrected chi connectivity index (χ3v) is 8.95. The van der Waals surface area contributed by atoms with E-state index in [-0.39, 0.29) is 35.3 Å². The SMILES string of the molecule is O=C1C2Cc3c([nH]c4ccccc34)C(c3cccc(N([O-])O)c3)N2C(=O)CN1C1CCN(Cc2ccccc2)CC1. The summed E-state index contributed by atoms with van der Waals surface area (Å²) in [6, 6.07) is 23.8. The van der Waals surface area contributed by atoms with Crippen molar-refractivity contribution in [3.8, 4) is 0 Å². The Morgan fingerprint density at radius 1 is 0.951 bits per heavy atom. The lowest BCUT2D eigenvalue weighted by Gasteiger charge is -2.49. The van der Waals surface area contributed by atoms with E-state index >= 15 is 0 Å². The molecule has 2 N–H and O–H groups in total. The van der Waals surface area contributed by atoms with Gasteiger partial charge in [0.25, 0.3) is 0 Å². The van der Waals surface area contributed by atoms with Crippen LogP contribution < -0.4 is 5.23 Å². The van der Waals surface area contributed by atoms with Gasteiger partial charge < -0.3 is 25.2 Å². The van der Waals surface area contributed by atoms with Crippen LogP contribution in [0.1, 0.15) is 41.3 Å². The van der Waals surface area contributed by atoms with Crippen LogP contribution in [0.2, 0.25) is 0 Å². The smallest absolute Gasteiger partial charge is 0.246 e. The van der Waals surface area contributed by atoms with Crippen molar-refractivity contribution in [2.45, 2.75) is 43.9 Å².